The van der Waals surface area contributed by atoms with E-state index in [2.05, 4.69) is 13.8 Å². The largest absolute Gasteiger partial charge is 0.490 e. The molecule has 0 spiro atoms. The first-order valence-electron chi connectivity index (χ1n) is 18.6. The second kappa shape index (κ2) is 13.6. The molecule has 0 saturated heterocycles. The maximum Gasteiger partial charge on any atom is 0.181 e. The fourth-order valence-electron chi connectivity index (χ4n) is 8.10. The zero-order chi connectivity index (χ0) is 37.1. The molecule has 0 fully saturated rings. The molecule has 4 atom stereocenters. The Morgan fingerprint density at radius 3 is 1.52 bits per heavy atom. The Kier molecular flexibility index (Phi) is 8.46. The van der Waals surface area contributed by atoms with Crippen molar-refractivity contribution in [2.45, 2.75) is 34.8 Å². The van der Waals surface area contributed by atoms with Crippen LogP contribution in [0, 0.1) is 16.0 Å². The molecule has 12 nitrogen and oxygen atoms in total. The van der Waals surface area contributed by atoms with Crippen LogP contribution in [0.1, 0.15) is 21.9 Å². The average molecular weight is 875 g/mol. The van der Waals surface area contributed by atoms with Crippen LogP contribution in [0.2, 0.25) is 0 Å². The van der Waals surface area contributed by atoms with E-state index in [-0.39, 0.29) is 21.0 Å². The molecule has 12 rings (SSSR count). The minimum Gasteiger partial charge on any atom is -0.490 e. The lowest BCUT2D eigenvalue weighted by Gasteiger charge is -2.26. The van der Waals surface area contributed by atoms with Gasteiger partial charge in [-0.25, -0.2) is 0 Å². The van der Waals surface area contributed by atoms with Gasteiger partial charge in [-0.15, -0.1) is 69.3 Å². The van der Waals surface area contributed by atoms with Crippen molar-refractivity contribution in [1.29, 1.82) is 0 Å². The molecule has 0 amide bonds. The van der Waals surface area contributed by atoms with Crippen LogP contribution in [0.25, 0.3) is 9.81 Å². The van der Waals surface area contributed by atoms with Gasteiger partial charge >= 0.3 is 0 Å². The molecule has 294 valence electrons. The predicted octanol–water partition coefficient (Wildman–Crippen LogP) is 5.88. The lowest BCUT2D eigenvalue weighted by atomic mass is 10.1. The van der Waals surface area contributed by atoms with E-state index >= 15 is 0 Å². The van der Waals surface area contributed by atoms with E-state index in [0.717, 1.165) is 83.7 Å². The molecule has 9 aliphatic rings. The highest BCUT2D eigenvalue weighted by Gasteiger charge is 2.49. The lowest BCUT2D eigenvalue weighted by Crippen LogP contribution is -2.27. The van der Waals surface area contributed by atoms with Crippen LogP contribution in [0.4, 0.5) is 0 Å². The smallest absolute Gasteiger partial charge is 0.181 e. The summed E-state index contributed by atoms with van der Waals surface area (Å²) in [6, 6.07) is 0. The van der Waals surface area contributed by atoms with Crippen molar-refractivity contribution in [3.8, 4) is 34.5 Å². The maximum atomic E-state index is 6.48. The second-order valence-electron chi connectivity index (χ2n) is 13.7. The van der Waals surface area contributed by atoms with E-state index in [9.17, 15) is 0 Å². The summed E-state index contributed by atoms with van der Waals surface area (Å²) in [5, 5.41) is 0.0138. The van der Waals surface area contributed by atoms with Crippen molar-refractivity contribution < 1.29 is 56.8 Å². The van der Waals surface area contributed by atoms with E-state index in [1.54, 1.807) is 57.5 Å². The van der Waals surface area contributed by atoms with Gasteiger partial charge in [0.25, 0.3) is 0 Å². The Balaban J connectivity index is 1.05. The highest BCUT2D eigenvalue weighted by atomic mass is 32.2. The molecular weight excluding hydrogens is 841 g/mol. The van der Waals surface area contributed by atoms with Crippen molar-refractivity contribution in [2.24, 2.45) is 0 Å². The molecule has 0 N–H and O–H groups in total. The van der Waals surface area contributed by atoms with E-state index < -0.39 is 0 Å². The Labute approximate surface area is 344 Å². The Bertz CT molecular complexity index is 2510. The summed E-state index contributed by atoms with van der Waals surface area (Å²) < 4.78 is 79.8. The van der Waals surface area contributed by atoms with Gasteiger partial charge in [0.1, 0.15) is 96.1 Å². The third-order valence-electron chi connectivity index (χ3n) is 10.4. The minimum absolute atomic E-state index is 0.0250. The zero-order valence-electron chi connectivity index (χ0n) is 30.1. The molecule has 0 aliphatic carbocycles. The molecule has 56 heavy (non-hydrogen) atoms. The molecule has 3 aromatic rings. The molecular formula is C38H34O12S6. The zero-order valence-corrected chi connectivity index (χ0v) is 35.0. The normalized spacial score (nSPS) is 29.7. The lowest BCUT2D eigenvalue weighted by molar-refractivity contribution is 0.0543. The topological polar surface area (TPSA) is 111 Å². The molecule has 18 heteroatoms. The SMILES string of the molecule is Cc1sc(C2S/C(=c3/s/c(=c4/s/c(=C5/SC(C6SC(C)C7=C6OCCO7)C6=C5OCCO6)c5c4OCCO5)c4c3OCCO4)C3=C2OCCO3)c2c1OCCO2. The Morgan fingerprint density at radius 2 is 0.875 bits per heavy atom. The van der Waals surface area contributed by atoms with Gasteiger partial charge in [-0.05, 0) is 13.8 Å². The molecule has 0 saturated carbocycles. The predicted molar refractivity (Wildman–Crippen MR) is 214 cm³/mol. The van der Waals surface area contributed by atoms with Crippen LogP contribution in [-0.2, 0) is 28.4 Å². The van der Waals surface area contributed by atoms with Crippen LogP contribution in [0.5, 0.6) is 34.5 Å². The molecule has 0 radical (unpaired) electrons. The van der Waals surface area contributed by atoms with Crippen molar-refractivity contribution in [2.75, 3.05) is 79.3 Å². The summed E-state index contributed by atoms with van der Waals surface area (Å²) in [5.41, 5.74) is 0. The third kappa shape index (κ3) is 5.24. The average Bonchev–Trinajstić information content (AvgIpc) is 4.10. The van der Waals surface area contributed by atoms with Gasteiger partial charge in [0.2, 0.25) is 0 Å². The van der Waals surface area contributed by atoms with Gasteiger partial charge in [0, 0.05) is 4.88 Å². The van der Waals surface area contributed by atoms with Crippen LogP contribution in [0.15, 0.2) is 34.6 Å². The fourth-order valence-corrected chi connectivity index (χ4v) is 16.5. The summed E-state index contributed by atoms with van der Waals surface area (Å²) >= 11 is 10.2. The van der Waals surface area contributed by atoms with Gasteiger partial charge in [0.05, 0.1) is 48.6 Å². The summed E-state index contributed by atoms with van der Waals surface area (Å²) in [7, 11) is 0. The summed E-state index contributed by atoms with van der Waals surface area (Å²) in [6.45, 7) is 10.1. The molecule has 0 bridgehead atoms. The number of thiophene rings is 3. The molecule has 3 aromatic heterocycles. The van der Waals surface area contributed by atoms with Gasteiger partial charge in [0.15, 0.2) is 57.5 Å². The van der Waals surface area contributed by atoms with Crippen LogP contribution in [0.3, 0.4) is 0 Å². The monoisotopic (exact) mass is 874 g/mol. The van der Waals surface area contributed by atoms with Crippen LogP contribution < -0.4 is 37.5 Å². The number of thioether (sulfide) groups is 3. The molecule has 4 unspecified atom stereocenters. The van der Waals surface area contributed by atoms with Gasteiger partial charge in [-0.1, -0.05) is 0 Å². The fraction of sp³-hybridized carbons (Fsp3) is 0.474. The Morgan fingerprint density at radius 1 is 0.411 bits per heavy atom. The van der Waals surface area contributed by atoms with Crippen molar-refractivity contribution in [3.05, 3.63) is 62.4 Å². The van der Waals surface area contributed by atoms with E-state index in [0.29, 0.717) is 102 Å². The first-order chi connectivity index (χ1) is 27.6. The maximum absolute atomic E-state index is 6.48. The van der Waals surface area contributed by atoms with Crippen LogP contribution >= 0.6 is 69.3 Å². The highest BCUT2D eigenvalue weighted by Crippen LogP contribution is 2.60. The summed E-state index contributed by atoms with van der Waals surface area (Å²) in [5.74, 6) is 9.44. The van der Waals surface area contributed by atoms with Gasteiger partial charge in [-0.3, -0.25) is 0 Å². The van der Waals surface area contributed by atoms with Crippen molar-refractivity contribution in [1.82, 2.24) is 0 Å². The summed E-state index contributed by atoms with van der Waals surface area (Å²) in [4.78, 5) is 4.09. The number of hydrogen-bond donors (Lipinski definition) is 0. The van der Waals surface area contributed by atoms with Crippen molar-refractivity contribution >= 4 is 79.1 Å². The van der Waals surface area contributed by atoms with E-state index in [1.165, 1.54) is 0 Å². The van der Waals surface area contributed by atoms with E-state index in [1.807, 2.05) is 11.8 Å². The van der Waals surface area contributed by atoms with Gasteiger partial charge < -0.3 is 56.8 Å². The standard InChI is InChI=1S/C38H34O12S6/c1-15-17-19(41-5-3-39-17)29(51-15)31-21-23(45-9-7-43-21)33(53-31)35-25-27(49-13-11-47-25)37(55-35)38-28-26(48-12-14-50-28)36(56-38)34-24-22(44-8-10-46-24)32(54-34)30-20-18(16(2)52-30)40-4-6-42-20/h15,29,31-32H,3-14H2,1-2H3/b35-33+,36-34+,38-37+. The molecule has 12 heterocycles. The molecule has 9 aliphatic heterocycles. The van der Waals surface area contributed by atoms with E-state index in [4.69, 9.17) is 56.8 Å². The highest BCUT2D eigenvalue weighted by molar-refractivity contribution is 8.11. The van der Waals surface area contributed by atoms with Crippen LogP contribution in [-0.4, -0.2) is 95.0 Å². The molecule has 0 aromatic carbocycles. The quantitative estimate of drug-likeness (QED) is 0.306. The van der Waals surface area contributed by atoms with Gasteiger partial charge in [-0.2, -0.15) is 0 Å². The number of hydrogen-bond acceptors (Lipinski definition) is 18. The minimum atomic E-state index is -0.152. The number of ether oxygens (including phenoxy) is 12. The number of fused-ring (bicyclic) bond motifs is 3. The summed E-state index contributed by atoms with van der Waals surface area (Å²) in [6.07, 6.45) is 0. The number of rotatable bonds is 2. The third-order valence-corrected chi connectivity index (χ3v) is 18.6. The van der Waals surface area contributed by atoms with Crippen molar-refractivity contribution in [3.63, 3.8) is 0 Å². The first kappa shape index (κ1) is 34.7. The Hall–Kier alpha value is -3.29. The second-order valence-corrected chi connectivity index (χ2v) is 20.8. The first-order valence-corrected chi connectivity index (χ1v) is 23.7. The number of aryl methyl sites for hydroxylation is 1.